The van der Waals surface area contributed by atoms with E-state index < -0.39 is 0 Å². The van der Waals surface area contributed by atoms with Crippen molar-refractivity contribution < 1.29 is 28.5 Å². The molecule has 8 heteroatoms. The van der Waals surface area contributed by atoms with E-state index in [-0.39, 0.29) is 24.6 Å². The fourth-order valence-electron chi connectivity index (χ4n) is 4.32. The van der Waals surface area contributed by atoms with Crippen LogP contribution < -0.4 is 9.47 Å². The minimum Gasteiger partial charge on any atom is -0.486 e. The van der Waals surface area contributed by atoms with Gasteiger partial charge in [0.2, 0.25) is 5.91 Å². The second-order valence-corrected chi connectivity index (χ2v) is 8.17. The molecule has 1 unspecified atom stereocenters. The van der Waals surface area contributed by atoms with Crippen LogP contribution in [0.4, 0.5) is 0 Å². The molecule has 1 aromatic carbocycles. The quantitative estimate of drug-likeness (QED) is 0.649. The average Bonchev–Trinajstić information content (AvgIpc) is 2.78. The van der Waals surface area contributed by atoms with Crippen LogP contribution in [0, 0.1) is 5.92 Å². The van der Waals surface area contributed by atoms with Gasteiger partial charge >= 0.3 is 5.97 Å². The minimum absolute atomic E-state index is 0.0621. The summed E-state index contributed by atoms with van der Waals surface area (Å²) in [6.07, 6.45) is 3.27. The molecule has 8 nitrogen and oxygen atoms in total. The molecule has 0 saturated carbocycles. The molecule has 0 spiro atoms. The van der Waals surface area contributed by atoms with Crippen molar-refractivity contribution in [1.29, 1.82) is 0 Å². The van der Waals surface area contributed by atoms with Crippen LogP contribution in [0.3, 0.4) is 0 Å². The van der Waals surface area contributed by atoms with Gasteiger partial charge in [-0.2, -0.15) is 0 Å². The Morgan fingerprint density at radius 2 is 2.03 bits per heavy atom. The number of amides is 1. The van der Waals surface area contributed by atoms with Gasteiger partial charge in [-0.1, -0.05) is 0 Å². The normalized spacial score (nSPS) is 22.8. The molecule has 164 valence electrons. The van der Waals surface area contributed by atoms with E-state index in [0.29, 0.717) is 36.2 Å². The Bertz CT molecular complexity index is 762. The van der Waals surface area contributed by atoms with Crippen LogP contribution in [0.2, 0.25) is 0 Å². The van der Waals surface area contributed by atoms with Crippen LogP contribution in [-0.4, -0.2) is 87.4 Å². The van der Waals surface area contributed by atoms with E-state index in [4.69, 9.17) is 18.9 Å². The zero-order valence-electron chi connectivity index (χ0n) is 17.5. The van der Waals surface area contributed by atoms with E-state index in [9.17, 15) is 9.59 Å². The molecule has 0 N–H and O–H groups in total. The third-order valence-corrected chi connectivity index (χ3v) is 6.14. The topological polar surface area (TPSA) is 77.5 Å². The molecule has 3 aliphatic rings. The summed E-state index contributed by atoms with van der Waals surface area (Å²) in [4.78, 5) is 27.9. The SMILES string of the molecule is COC(=O)c1ccc2c(c1)OC(CN1CCC(CCN3CCOCC3=O)CC1)CO2. The molecule has 0 radical (unpaired) electrons. The zero-order valence-corrected chi connectivity index (χ0v) is 17.5. The first kappa shape index (κ1) is 20.9. The number of methoxy groups -OCH3 is 1. The Balaban J connectivity index is 1.22. The molecule has 1 amide bonds. The Morgan fingerprint density at radius 1 is 1.20 bits per heavy atom. The first-order valence-corrected chi connectivity index (χ1v) is 10.7. The highest BCUT2D eigenvalue weighted by molar-refractivity contribution is 5.90. The number of hydrogen-bond acceptors (Lipinski definition) is 7. The van der Waals surface area contributed by atoms with E-state index in [1.165, 1.54) is 7.11 Å². The monoisotopic (exact) mass is 418 g/mol. The third-order valence-electron chi connectivity index (χ3n) is 6.14. The Kier molecular flexibility index (Phi) is 6.74. The molecular formula is C22H30N2O6. The highest BCUT2D eigenvalue weighted by Crippen LogP contribution is 2.33. The van der Waals surface area contributed by atoms with Crippen molar-refractivity contribution >= 4 is 11.9 Å². The van der Waals surface area contributed by atoms with Gasteiger partial charge in [-0.05, 0) is 56.5 Å². The molecule has 4 rings (SSSR count). The predicted molar refractivity (Wildman–Crippen MR) is 109 cm³/mol. The molecule has 1 aromatic rings. The second kappa shape index (κ2) is 9.66. The summed E-state index contributed by atoms with van der Waals surface area (Å²) in [5.74, 6) is 1.64. The number of ether oxygens (including phenoxy) is 4. The lowest BCUT2D eigenvalue weighted by Gasteiger charge is -2.36. The van der Waals surface area contributed by atoms with Gasteiger partial charge in [0.15, 0.2) is 11.5 Å². The molecule has 3 aliphatic heterocycles. The van der Waals surface area contributed by atoms with E-state index in [0.717, 1.165) is 52.0 Å². The summed E-state index contributed by atoms with van der Waals surface area (Å²) in [7, 11) is 1.37. The summed E-state index contributed by atoms with van der Waals surface area (Å²) in [6, 6.07) is 5.12. The number of carbonyl (C=O) groups excluding carboxylic acids is 2. The number of likely N-dealkylation sites (tertiary alicyclic amines) is 1. The maximum atomic E-state index is 11.8. The highest BCUT2D eigenvalue weighted by Gasteiger charge is 2.27. The maximum Gasteiger partial charge on any atom is 0.337 e. The zero-order chi connectivity index (χ0) is 20.9. The van der Waals surface area contributed by atoms with Gasteiger partial charge in [0.05, 0.1) is 19.3 Å². The number of piperidine rings is 1. The van der Waals surface area contributed by atoms with Crippen molar-refractivity contribution in [1.82, 2.24) is 9.80 Å². The van der Waals surface area contributed by atoms with E-state index in [2.05, 4.69) is 4.90 Å². The van der Waals surface area contributed by atoms with Crippen molar-refractivity contribution in [2.75, 3.05) is 59.7 Å². The maximum absolute atomic E-state index is 11.8. The van der Waals surface area contributed by atoms with Crippen molar-refractivity contribution in [3.8, 4) is 11.5 Å². The number of fused-ring (bicyclic) bond motifs is 1. The summed E-state index contributed by atoms with van der Waals surface area (Å²) in [5.41, 5.74) is 0.458. The Labute approximate surface area is 177 Å². The van der Waals surface area contributed by atoms with Gasteiger partial charge in [0.25, 0.3) is 0 Å². The van der Waals surface area contributed by atoms with Gasteiger partial charge in [-0.25, -0.2) is 4.79 Å². The standard InChI is InChI=1S/C22H30N2O6/c1-27-22(26)17-2-3-19-20(12-17)30-18(14-29-19)13-23-7-4-16(5-8-23)6-9-24-10-11-28-15-21(24)25/h2-3,12,16,18H,4-11,13-15H2,1H3. The number of carbonyl (C=O) groups is 2. The fourth-order valence-corrected chi connectivity index (χ4v) is 4.32. The summed E-state index contributed by atoms with van der Waals surface area (Å²) in [6.45, 7) is 5.79. The highest BCUT2D eigenvalue weighted by atomic mass is 16.6. The predicted octanol–water partition coefficient (Wildman–Crippen LogP) is 1.57. The lowest BCUT2D eigenvalue weighted by molar-refractivity contribution is -0.142. The number of benzene rings is 1. The summed E-state index contributed by atoms with van der Waals surface area (Å²) >= 11 is 0. The summed E-state index contributed by atoms with van der Waals surface area (Å²) in [5, 5.41) is 0. The minimum atomic E-state index is -0.385. The molecule has 0 aromatic heterocycles. The van der Waals surface area contributed by atoms with Crippen LogP contribution in [0.1, 0.15) is 29.6 Å². The smallest absolute Gasteiger partial charge is 0.337 e. The van der Waals surface area contributed by atoms with E-state index >= 15 is 0 Å². The lowest BCUT2D eigenvalue weighted by Crippen LogP contribution is -2.45. The molecule has 2 fully saturated rings. The van der Waals surface area contributed by atoms with Gasteiger partial charge in [-0.15, -0.1) is 0 Å². The Morgan fingerprint density at radius 3 is 2.80 bits per heavy atom. The molecule has 2 saturated heterocycles. The van der Waals surface area contributed by atoms with Gasteiger partial charge < -0.3 is 23.8 Å². The van der Waals surface area contributed by atoms with Crippen LogP contribution in [0.25, 0.3) is 0 Å². The molecule has 0 bridgehead atoms. The van der Waals surface area contributed by atoms with Gasteiger partial charge in [0, 0.05) is 19.6 Å². The van der Waals surface area contributed by atoms with E-state index in [1.54, 1.807) is 18.2 Å². The largest absolute Gasteiger partial charge is 0.486 e. The van der Waals surface area contributed by atoms with Crippen LogP contribution in [-0.2, 0) is 14.3 Å². The Hall–Kier alpha value is -2.32. The first-order valence-electron chi connectivity index (χ1n) is 10.7. The number of morpholine rings is 1. The summed E-state index contributed by atoms with van der Waals surface area (Å²) < 4.78 is 21.9. The first-order chi connectivity index (χ1) is 14.6. The van der Waals surface area contributed by atoms with Crippen molar-refractivity contribution in [3.63, 3.8) is 0 Å². The number of esters is 1. The molecule has 0 aliphatic carbocycles. The van der Waals surface area contributed by atoms with Gasteiger partial charge in [-0.3, -0.25) is 9.69 Å². The van der Waals surface area contributed by atoms with Crippen molar-refractivity contribution in [2.45, 2.75) is 25.4 Å². The molecule has 3 heterocycles. The molecule has 30 heavy (non-hydrogen) atoms. The number of rotatable bonds is 6. The van der Waals surface area contributed by atoms with Crippen LogP contribution >= 0.6 is 0 Å². The van der Waals surface area contributed by atoms with E-state index in [1.807, 2.05) is 4.90 Å². The third kappa shape index (κ3) is 5.05. The lowest BCUT2D eigenvalue weighted by atomic mass is 9.93. The number of hydrogen-bond donors (Lipinski definition) is 0. The fraction of sp³-hybridized carbons (Fsp3) is 0.636. The molecule has 1 atom stereocenters. The van der Waals surface area contributed by atoms with Crippen LogP contribution in [0.15, 0.2) is 18.2 Å². The average molecular weight is 418 g/mol. The number of nitrogens with zero attached hydrogens (tertiary/aromatic N) is 2. The van der Waals surface area contributed by atoms with Crippen LogP contribution in [0.5, 0.6) is 11.5 Å². The van der Waals surface area contributed by atoms with Gasteiger partial charge in [0.1, 0.15) is 19.3 Å². The second-order valence-electron chi connectivity index (χ2n) is 8.17. The van der Waals surface area contributed by atoms with Crippen molar-refractivity contribution in [2.24, 2.45) is 5.92 Å². The van der Waals surface area contributed by atoms with Crippen molar-refractivity contribution in [3.05, 3.63) is 23.8 Å². The molecular weight excluding hydrogens is 388 g/mol.